The van der Waals surface area contributed by atoms with Crippen LogP contribution < -0.4 is 4.74 Å². The Morgan fingerprint density at radius 2 is 2.00 bits per heavy atom. The molecule has 0 saturated carbocycles. The summed E-state index contributed by atoms with van der Waals surface area (Å²) in [7, 11) is 1.72. The zero-order valence-electron chi connectivity index (χ0n) is 9.78. The van der Waals surface area contributed by atoms with E-state index in [0.717, 1.165) is 5.75 Å². The average molecular weight is 206 g/mol. The van der Waals surface area contributed by atoms with Gasteiger partial charge in [-0.1, -0.05) is 26.0 Å². The summed E-state index contributed by atoms with van der Waals surface area (Å²) in [6, 6.07) is 6.41. The zero-order chi connectivity index (χ0) is 11.0. The minimum atomic E-state index is 0.237. The van der Waals surface area contributed by atoms with E-state index in [2.05, 4.69) is 39.0 Å². The van der Waals surface area contributed by atoms with Gasteiger partial charge in [0.15, 0.2) is 0 Å². The van der Waals surface area contributed by atoms with Crippen LogP contribution in [0.25, 0.3) is 0 Å². The molecule has 0 bridgehead atoms. The highest BCUT2D eigenvalue weighted by Crippen LogP contribution is 2.43. The molecule has 2 heteroatoms. The normalized spacial score (nSPS) is 24.3. The Kier molecular flexibility index (Phi) is 2.70. The second-order valence-corrected chi connectivity index (χ2v) is 4.42. The van der Waals surface area contributed by atoms with Crippen LogP contribution in [0.15, 0.2) is 18.2 Å². The maximum atomic E-state index is 5.47. The van der Waals surface area contributed by atoms with Crippen molar-refractivity contribution in [3.05, 3.63) is 29.3 Å². The highest BCUT2D eigenvalue weighted by Gasteiger charge is 2.37. The topological polar surface area (TPSA) is 21.8 Å². The van der Waals surface area contributed by atoms with E-state index in [-0.39, 0.29) is 6.10 Å². The molecule has 2 nitrogen and oxygen atoms in total. The van der Waals surface area contributed by atoms with Crippen LogP contribution >= 0.6 is 0 Å². The lowest BCUT2D eigenvalue weighted by Crippen LogP contribution is -1.95. The zero-order valence-corrected chi connectivity index (χ0v) is 9.78. The summed E-state index contributed by atoms with van der Waals surface area (Å²) in [5.74, 6) is 1.49. The van der Waals surface area contributed by atoms with Crippen molar-refractivity contribution in [2.45, 2.75) is 38.9 Å². The van der Waals surface area contributed by atoms with E-state index in [4.69, 9.17) is 9.47 Å². The fourth-order valence-corrected chi connectivity index (χ4v) is 1.83. The molecule has 0 aromatic heterocycles. The van der Waals surface area contributed by atoms with Gasteiger partial charge < -0.3 is 9.47 Å². The van der Waals surface area contributed by atoms with E-state index in [1.54, 1.807) is 7.11 Å². The van der Waals surface area contributed by atoms with Crippen molar-refractivity contribution < 1.29 is 9.47 Å². The molecule has 1 aromatic carbocycles. The summed E-state index contributed by atoms with van der Waals surface area (Å²) < 4.78 is 10.9. The summed E-state index contributed by atoms with van der Waals surface area (Å²) in [5, 5.41) is 0. The van der Waals surface area contributed by atoms with Crippen LogP contribution in [-0.4, -0.2) is 13.2 Å². The minimum Gasteiger partial charge on any atom is -0.496 e. The van der Waals surface area contributed by atoms with Crippen molar-refractivity contribution in [3.8, 4) is 5.75 Å². The molecule has 82 valence electrons. The number of hydrogen-bond donors (Lipinski definition) is 0. The quantitative estimate of drug-likeness (QED) is 0.708. The second kappa shape index (κ2) is 3.86. The van der Waals surface area contributed by atoms with Crippen molar-refractivity contribution in [1.29, 1.82) is 0 Å². The van der Waals surface area contributed by atoms with Crippen LogP contribution in [0.2, 0.25) is 0 Å². The average Bonchev–Trinajstić information content (AvgIpc) is 2.94. The van der Waals surface area contributed by atoms with Gasteiger partial charge in [-0.05, 0) is 24.5 Å². The summed E-state index contributed by atoms with van der Waals surface area (Å²) in [4.78, 5) is 0. The van der Waals surface area contributed by atoms with Crippen molar-refractivity contribution >= 4 is 0 Å². The molecule has 1 aliphatic rings. The lowest BCUT2D eigenvalue weighted by Gasteiger charge is -2.11. The maximum absolute atomic E-state index is 5.47. The Morgan fingerprint density at radius 3 is 2.47 bits per heavy atom. The summed E-state index contributed by atoms with van der Waals surface area (Å²) >= 11 is 0. The van der Waals surface area contributed by atoms with Crippen molar-refractivity contribution in [1.82, 2.24) is 0 Å². The van der Waals surface area contributed by atoms with Crippen LogP contribution in [0, 0.1) is 0 Å². The van der Waals surface area contributed by atoms with Crippen molar-refractivity contribution in [3.63, 3.8) is 0 Å². The molecular formula is C13H18O2. The molecule has 0 amide bonds. The largest absolute Gasteiger partial charge is 0.496 e. The van der Waals surface area contributed by atoms with Gasteiger partial charge in [0.1, 0.15) is 11.9 Å². The van der Waals surface area contributed by atoms with Crippen LogP contribution in [0.4, 0.5) is 0 Å². The number of hydrogen-bond acceptors (Lipinski definition) is 2. The molecule has 1 fully saturated rings. The molecule has 0 aliphatic carbocycles. The molecule has 2 unspecified atom stereocenters. The summed E-state index contributed by atoms with van der Waals surface area (Å²) in [6.07, 6.45) is 0.574. The highest BCUT2D eigenvalue weighted by atomic mass is 16.6. The smallest absolute Gasteiger partial charge is 0.125 e. The Hall–Kier alpha value is -1.02. The van der Waals surface area contributed by atoms with Gasteiger partial charge in [0.25, 0.3) is 0 Å². The lowest BCUT2D eigenvalue weighted by atomic mass is 9.99. The molecule has 0 N–H and O–H groups in total. The van der Waals surface area contributed by atoms with E-state index in [1.165, 1.54) is 11.1 Å². The molecule has 0 spiro atoms. The molecular weight excluding hydrogens is 188 g/mol. The first-order valence-corrected chi connectivity index (χ1v) is 5.46. The molecule has 1 aliphatic heterocycles. The van der Waals surface area contributed by atoms with Crippen molar-refractivity contribution in [2.75, 3.05) is 7.11 Å². The molecule has 15 heavy (non-hydrogen) atoms. The molecule has 1 saturated heterocycles. The SMILES string of the molecule is COc1cc(C(C)C)ccc1C1OC1C. The predicted octanol–water partition coefficient (Wildman–Crippen LogP) is 3.28. The van der Waals surface area contributed by atoms with Gasteiger partial charge >= 0.3 is 0 Å². The number of epoxide rings is 1. The maximum Gasteiger partial charge on any atom is 0.125 e. The number of rotatable bonds is 3. The lowest BCUT2D eigenvalue weighted by molar-refractivity contribution is 0.368. The van der Waals surface area contributed by atoms with E-state index in [0.29, 0.717) is 12.0 Å². The van der Waals surface area contributed by atoms with Gasteiger partial charge in [-0.3, -0.25) is 0 Å². The summed E-state index contributed by atoms with van der Waals surface area (Å²) in [6.45, 7) is 6.45. The Morgan fingerprint density at radius 1 is 1.33 bits per heavy atom. The number of methoxy groups -OCH3 is 1. The van der Waals surface area contributed by atoms with Gasteiger partial charge in [-0.2, -0.15) is 0 Å². The second-order valence-electron chi connectivity index (χ2n) is 4.42. The first kappa shape index (κ1) is 10.5. The van der Waals surface area contributed by atoms with Crippen LogP contribution in [0.3, 0.4) is 0 Å². The van der Waals surface area contributed by atoms with Gasteiger partial charge in [0.2, 0.25) is 0 Å². The Bertz CT molecular complexity index is 358. The van der Waals surface area contributed by atoms with E-state index in [9.17, 15) is 0 Å². The van der Waals surface area contributed by atoms with Crippen LogP contribution in [0.1, 0.15) is 43.9 Å². The Balaban J connectivity index is 2.32. The van der Waals surface area contributed by atoms with Gasteiger partial charge in [0, 0.05) is 5.56 Å². The third-order valence-corrected chi connectivity index (χ3v) is 2.94. The van der Waals surface area contributed by atoms with Gasteiger partial charge in [-0.25, -0.2) is 0 Å². The fraction of sp³-hybridized carbons (Fsp3) is 0.538. The monoisotopic (exact) mass is 206 g/mol. The molecule has 0 radical (unpaired) electrons. The molecule has 2 atom stereocenters. The molecule has 2 rings (SSSR count). The fourth-order valence-electron chi connectivity index (χ4n) is 1.83. The summed E-state index contributed by atoms with van der Waals surface area (Å²) in [5.41, 5.74) is 2.48. The Labute approximate surface area is 91.2 Å². The first-order valence-electron chi connectivity index (χ1n) is 5.46. The van der Waals surface area contributed by atoms with Gasteiger partial charge in [0.05, 0.1) is 13.2 Å². The predicted molar refractivity (Wildman–Crippen MR) is 60.4 cm³/mol. The third kappa shape index (κ3) is 2.00. The van der Waals surface area contributed by atoms with Gasteiger partial charge in [-0.15, -0.1) is 0 Å². The third-order valence-electron chi connectivity index (χ3n) is 2.94. The first-order chi connectivity index (χ1) is 7.13. The number of ether oxygens (including phenoxy) is 2. The minimum absolute atomic E-state index is 0.237. The highest BCUT2D eigenvalue weighted by molar-refractivity contribution is 5.41. The number of benzene rings is 1. The van der Waals surface area contributed by atoms with Crippen LogP contribution in [-0.2, 0) is 4.74 Å². The van der Waals surface area contributed by atoms with E-state index >= 15 is 0 Å². The molecule has 1 aromatic rings. The van der Waals surface area contributed by atoms with E-state index < -0.39 is 0 Å². The van der Waals surface area contributed by atoms with E-state index in [1.807, 2.05) is 0 Å². The standard InChI is InChI=1S/C13H18O2/c1-8(2)10-5-6-11(12(7-10)14-4)13-9(3)15-13/h5-9,13H,1-4H3. The molecule has 1 heterocycles. The van der Waals surface area contributed by atoms with Crippen molar-refractivity contribution in [2.24, 2.45) is 0 Å². The van der Waals surface area contributed by atoms with Crippen LogP contribution in [0.5, 0.6) is 5.75 Å².